The topological polar surface area (TPSA) is 160 Å². The Hall–Kier alpha value is -1.72. The number of allylic oxidation sites excluding steroid dienone is 2. The highest BCUT2D eigenvalue weighted by molar-refractivity contribution is 9.12. The number of amides is 2. The van der Waals surface area contributed by atoms with Crippen molar-refractivity contribution in [1.82, 2.24) is 10.6 Å². The lowest BCUT2D eigenvalue weighted by Gasteiger charge is -2.33. The van der Waals surface area contributed by atoms with Gasteiger partial charge in [-0.15, -0.1) is 0 Å². The Morgan fingerprint density at radius 3 is 1.57 bits per heavy atom. The lowest BCUT2D eigenvalue weighted by Crippen LogP contribution is -2.45. The van der Waals surface area contributed by atoms with Gasteiger partial charge in [-0.05, 0) is 88.7 Å². The Labute approximate surface area is 263 Å². The van der Waals surface area contributed by atoms with Crippen LogP contribution in [0.25, 0.3) is 0 Å². The summed E-state index contributed by atoms with van der Waals surface area (Å²) in [6, 6.07) is 0. The molecule has 0 fully saturated rings. The van der Waals surface area contributed by atoms with E-state index in [2.05, 4.69) is 84.7 Å². The molecule has 0 saturated heterocycles. The molecule has 0 aromatic heterocycles. The molecule has 0 aromatic carbocycles. The molecule has 0 aromatic rings. The molecule has 2 heterocycles. The summed E-state index contributed by atoms with van der Waals surface area (Å²) in [6.45, 7) is 0.696. The molecule has 2 aliphatic carbocycles. The predicted molar refractivity (Wildman–Crippen MR) is 159 cm³/mol. The average molecular weight is 818 g/mol. The molecular weight excluding hydrogens is 792 g/mol. The van der Waals surface area contributed by atoms with Gasteiger partial charge in [0.15, 0.2) is 11.2 Å². The molecule has 16 heteroatoms. The molecule has 0 radical (unpaired) electrons. The minimum Gasteiger partial charge on any atom is -0.495 e. The van der Waals surface area contributed by atoms with Gasteiger partial charge in [-0.1, -0.05) is 10.3 Å². The van der Waals surface area contributed by atoms with Gasteiger partial charge in [0.25, 0.3) is 11.8 Å². The summed E-state index contributed by atoms with van der Waals surface area (Å²) in [5.41, 5.74) is -2.13. The number of hydrogen-bond donors (Lipinski definition) is 4. The molecule has 218 valence electrons. The highest BCUT2D eigenvalue weighted by atomic mass is 79.9. The van der Waals surface area contributed by atoms with Gasteiger partial charge in [-0.25, -0.2) is 0 Å². The number of aliphatic hydroxyl groups is 2. The van der Waals surface area contributed by atoms with Crippen LogP contribution in [-0.4, -0.2) is 84.2 Å². The second-order valence-corrected chi connectivity index (χ2v) is 12.7. The van der Waals surface area contributed by atoms with Crippen molar-refractivity contribution < 1.29 is 39.0 Å². The van der Waals surface area contributed by atoms with E-state index < -0.39 is 35.2 Å². The van der Waals surface area contributed by atoms with Gasteiger partial charge in [-0.3, -0.25) is 9.59 Å². The van der Waals surface area contributed by atoms with Crippen LogP contribution < -0.4 is 10.6 Å². The van der Waals surface area contributed by atoms with Crippen LogP contribution in [0.3, 0.4) is 0 Å². The standard InChI is InChI=1S/C24H26Br4N4O8/c1-37-17-11(25)7-23(19(33)15(17)27)9-13(31-39-23)21(35)29-5-3-4-6-30-22(36)14-10-24(40-32-14)8-12(26)18(38-2)16(28)20(24)34/h7-8,19-20,33-34H,3-6,9-10H2,1-2H3,(H,29,35)(H,30,36)/t19-,20-,23-,24-/m1/s1. The molecule has 4 rings (SSSR count). The van der Waals surface area contributed by atoms with Crippen LogP contribution in [0.1, 0.15) is 25.7 Å². The number of carbonyl (C=O) groups is 2. The highest BCUT2D eigenvalue weighted by Gasteiger charge is 2.51. The summed E-state index contributed by atoms with van der Waals surface area (Å²) in [6.07, 6.45) is 2.37. The maximum atomic E-state index is 12.6. The van der Waals surface area contributed by atoms with Crippen molar-refractivity contribution in [2.45, 2.75) is 49.1 Å². The molecule has 4 atom stereocenters. The second-order valence-electron chi connectivity index (χ2n) is 9.29. The third-order valence-corrected chi connectivity index (χ3v) is 9.43. The first kappa shape index (κ1) is 31.2. The zero-order valence-electron chi connectivity index (χ0n) is 21.3. The van der Waals surface area contributed by atoms with Crippen LogP contribution in [-0.2, 0) is 28.7 Å². The molecule has 2 amide bonds. The third-order valence-electron chi connectivity index (χ3n) is 6.66. The van der Waals surface area contributed by atoms with Gasteiger partial charge in [0.2, 0.25) is 0 Å². The predicted octanol–water partition coefficient (Wildman–Crippen LogP) is 2.84. The quantitative estimate of drug-likeness (QED) is 0.259. The fourth-order valence-corrected chi connectivity index (χ4v) is 8.08. The van der Waals surface area contributed by atoms with E-state index in [1.54, 1.807) is 12.2 Å². The summed E-state index contributed by atoms with van der Waals surface area (Å²) >= 11 is 13.4. The van der Waals surface area contributed by atoms with Gasteiger partial charge in [0.1, 0.15) is 35.1 Å². The molecule has 40 heavy (non-hydrogen) atoms. The first-order chi connectivity index (χ1) is 19.0. The number of nitrogens with one attached hydrogen (secondary N) is 2. The van der Waals surface area contributed by atoms with Crippen molar-refractivity contribution in [3.05, 3.63) is 41.6 Å². The van der Waals surface area contributed by atoms with E-state index in [-0.39, 0.29) is 24.3 Å². The van der Waals surface area contributed by atoms with Crippen molar-refractivity contribution in [3.63, 3.8) is 0 Å². The van der Waals surface area contributed by atoms with Crippen molar-refractivity contribution in [2.75, 3.05) is 27.3 Å². The van der Waals surface area contributed by atoms with Crippen molar-refractivity contribution in [1.29, 1.82) is 0 Å². The molecule has 0 saturated carbocycles. The van der Waals surface area contributed by atoms with E-state index >= 15 is 0 Å². The summed E-state index contributed by atoms with van der Waals surface area (Å²) in [7, 11) is 2.96. The van der Waals surface area contributed by atoms with Crippen LogP contribution in [0.15, 0.2) is 51.9 Å². The zero-order chi connectivity index (χ0) is 29.2. The maximum absolute atomic E-state index is 12.6. The van der Waals surface area contributed by atoms with Crippen LogP contribution in [0, 0.1) is 0 Å². The number of oxime groups is 2. The lowest BCUT2D eigenvalue weighted by molar-refractivity contribution is -0.115. The average Bonchev–Trinajstić information content (AvgIpc) is 3.54. The smallest absolute Gasteiger partial charge is 0.269 e. The molecule has 2 aliphatic heterocycles. The summed E-state index contributed by atoms with van der Waals surface area (Å²) < 4.78 is 12.4. The molecular formula is C24H26Br4N4O8. The SMILES string of the molecule is COC1=C(Br)[C@@H](O)[C@@]2(C=C1Br)CC(C(=O)NCCCCNC(=O)C1=NO[C@]3(C=C(Br)C(OC)=C(Br)[C@H]3O)C1)=NO2. The van der Waals surface area contributed by atoms with E-state index in [9.17, 15) is 19.8 Å². The van der Waals surface area contributed by atoms with Crippen LogP contribution >= 0.6 is 63.7 Å². The lowest BCUT2D eigenvalue weighted by atomic mass is 9.87. The van der Waals surface area contributed by atoms with Gasteiger partial charge in [-0.2, -0.15) is 0 Å². The number of unbranched alkanes of at least 4 members (excludes halogenated alkanes) is 1. The first-order valence-electron chi connectivity index (χ1n) is 12.1. The van der Waals surface area contributed by atoms with Gasteiger partial charge >= 0.3 is 0 Å². The number of nitrogens with zero attached hydrogens (tertiary/aromatic N) is 2. The minimum absolute atomic E-state index is 0.0720. The summed E-state index contributed by atoms with van der Waals surface area (Å²) in [5, 5.41) is 34.8. The van der Waals surface area contributed by atoms with E-state index in [0.29, 0.717) is 55.4 Å². The van der Waals surface area contributed by atoms with Crippen LogP contribution in [0.2, 0.25) is 0 Å². The van der Waals surface area contributed by atoms with E-state index in [1.807, 2.05) is 0 Å². The number of ether oxygens (including phenoxy) is 2. The first-order valence-corrected chi connectivity index (χ1v) is 15.2. The number of hydrogen-bond acceptors (Lipinski definition) is 10. The van der Waals surface area contributed by atoms with E-state index in [4.69, 9.17) is 19.1 Å². The Bertz CT molecular complexity index is 1180. The molecule has 0 unspecified atom stereocenters. The van der Waals surface area contributed by atoms with E-state index in [1.165, 1.54) is 14.2 Å². The van der Waals surface area contributed by atoms with Gasteiger partial charge < -0.3 is 40.0 Å². The number of rotatable bonds is 9. The molecule has 0 bridgehead atoms. The third kappa shape index (κ3) is 5.93. The number of halogens is 4. The number of carbonyl (C=O) groups excluding carboxylic acids is 2. The maximum Gasteiger partial charge on any atom is 0.269 e. The Morgan fingerprint density at radius 2 is 1.23 bits per heavy atom. The Balaban J connectivity index is 1.17. The fraction of sp³-hybridized carbons (Fsp3) is 0.500. The number of methoxy groups -OCH3 is 2. The van der Waals surface area contributed by atoms with E-state index in [0.717, 1.165) is 0 Å². The van der Waals surface area contributed by atoms with Crippen LogP contribution in [0.5, 0.6) is 0 Å². The van der Waals surface area contributed by atoms with Crippen molar-refractivity contribution in [3.8, 4) is 0 Å². The van der Waals surface area contributed by atoms with Gasteiger partial charge in [0.05, 0.1) is 32.1 Å². The van der Waals surface area contributed by atoms with Gasteiger partial charge in [0, 0.05) is 25.9 Å². The largest absolute Gasteiger partial charge is 0.495 e. The second kappa shape index (κ2) is 12.7. The molecule has 4 aliphatic rings. The summed E-state index contributed by atoms with van der Waals surface area (Å²) in [5.74, 6) is 0.0579. The Kier molecular flexibility index (Phi) is 9.87. The summed E-state index contributed by atoms with van der Waals surface area (Å²) in [4.78, 5) is 36.2. The fourth-order valence-electron chi connectivity index (χ4n) is 4.50. The van der Waals surface area contributed by atoms with Crippen molar-refractivity contribution >= 4 is 87.0 Å². The zero-order valence-corrected chi connectivity index (χ0v) is 27.6. The highest BCUT2D eigenvalue weighted by Crippen LogP contribution is 2.45. The Morgan fingerprint density at radius 1 is 0.850 bits per heavy atom. The molecule has 4 N–H and O–H groups in total. The minimum atomic E-state index is -1.22. The number of aliphatic hydroxyl groups excluding tert-OH is 2. The van der Waals surface area contributed by atoms with Crippen molar-refractivity contribution in [2.24, 2.45) is 10.3 Å². The monoisotopic (exact) mass is 814 g/mol. The van der Waals surface area contributed by atoms with Crippen LogP contribution in [0.4, 0.5) is 0 Å². The molecule has 12 nitrogen and oxygen atoms in total. The molecule has 2 spiro atoms. The normalized spacial score (nSPS) is 29.4.